The largest absolute Gasteiger partial charge is 0.351 e. The van der Waals surface area contributed by atoms with Crippen LogP contribution in [0.1, 0.15) is 37.2 Å². The first-order valence-corrected chi connectivity index (χ1v) is 9.13. The number of H-pyrrole nitrogens is 1. The molecular weight excluding hydrogens is 330 g/mol. The molecule has 0 unspecified atom stereocenters. The average molecular weight is 349 g/mol. The van der Waals surface area contributed by atoms with Crippen LogP contribution in [0.15, 0.2) is 35.5 Å². The SMILES string of the molecule is CC(=O)NCc1cccc([C@@H]2CCCN2S(=O)(=O)c2cn[nH]c2)n1. The number of aromatic amines is 1. The van der Waals surface area contributed by atoms with E-state index in [1.165, 1.54) is 23.6 Å². The number of hydrogen-bond acceptors (Lipinski definition) is 5. The zero-order chi connectivity index (χ0) is 17.2. The molecule has 2 aromatic rings. The van der Waals surface area contributed by atoms with Crippen molar-refractivity contribution in [2.75, 3.05) is 6.54 Å². The number of sulfonamides is 1. The molecule has 9 heteroatoms. The maximum atomic E-state index is 12.8. The summed E-state index contributed by atoms with van der Waals surface area (Å²) in [4.78, 5) is 15.7. The second kappa shape index (κ2) is 6.70. The van der Waals surface area contributed by atoms with Crippen molar-refractivity contribution in [1.29, 1.82) is 0 Å². The smallest absolute Gasteiger partial charge is 0.246 e. The predicted octanol–water partition coefficient (Wildman–Crippen LogP) is 0.967. The number of nitrogens with one attached hydrogen (secondary N) is 2. The van der Waals surface area contributed by atoms with Gasteiger partial charge in [0.05, 0.1) is 30.2 Å². The lowest BCUT2D eigenvalue weighted by molar-refractivity contribution is -0.119. The number of carbonyl (C=O) groups is 1. The first kappa shape index (κ1) is 16.6. The van der Waals surface area contributed by atoms with Gasteiger partial charge in [0.1, 0.15) is 4.90 Å². The monoisotopic (exact) mass is 349 g/mol. The van der Waals surface area contributed by atoms with Crippen LogP contribution < -0.4 is 5.32 Å². The van der Waals surface area contributed by atoms with Crippen LogP contribution in [0.3, 0.4) is 0 Å². The number of hydrogen-bond donors (Lipinski definition) is 2. The summed E-state index contributed by atoms with van der Waals surface area (Å²) in [6.45, 7) is 2.22. The van der Waals surface area contributed by atoms with E-state index in [1.807, 2.05) is 18.2 Å². The van der Waals surface area contributed by atoms with Gasteiger partial charge in [0.15, 0.2) is 0 Å². The molecule has 1 amide bonds. The van der Waals surface area contributed by atoms with Gasteiger partial charge in [-0.05, 0) is 25.0 Å². The Balaban J connectivity index is 1.86. The molecule has 0 bridgehead atoms. The molecule has 0 aliphatic carbocycles. The van der Waals surface area contributed by atoms with Crippen LogP contribution in [0.4, 0.5) is 0 Å². The van der Waals surface area contributed by atoms with E-state index in [4.69, 9.17) is 0 Å². The van der Waals surface area contributed by atoms with Gasteiger partial charge in [-0.1, -0.05) is 6.07 Å². The van der Waals surface area contributed by atoms with E-state index in [0.717, 1.165) is 6.42 Å². The van der Waals surface area contributed by atoms with Crippen molar-refractivity contribution in [2.45, 2.75) is 37.2 Å². The van der Waals surface area contributed by atoms with Crippen LogP contribution in [0.25, 0.3) is 0 Å². The molecule has 3 heterocycles. The summed E-state index contributed by atoms with van der Waals surface area (Å²) in [6.07, 6.45) is 4.18. The fourth-order valence-corrected chi connectivity index (χ4v) is 4.41. The van der Waals surface area contributed by atoms with Gasteiger partial charge in [0.2, 0.25) is 15.9 Å². The molecule has 8 nitrogen and oxygen atoms in total. The van der Waals surface area contributed by atoms with Crippen molar-refractivity contribution in [2.24, 2.45) is 0 Å². The summed E-state index contributed by atoms with van der Waals surface area (Å²) < 4.78 is 27.0. The van der Waals surface area contributed by atoms with Crippen LogP contribution in [-0.4, -0.2) is 40.4 Å². The summed E-state index contributed by atoms with van der Waals surface area (Å²) in [7, 11) is -3.60. The minimum absolute atomic E-state index is 0.132. The van der Waals surface area contributed by atoms with Gasteiger partial charge in [-0.15, -0.1) is 0 Å². The number of nitrogens with zero attached hydrogens (tertiary/aromatic N) is 3. The Labute approximate surface area is 140 Å². The van der Waals surface area contributed by atoms with Crippen molar-refractivity contribution >= 4 is 15.9 Å². The van der Waals surface area contributed by atoms with E-state index < -0.39 is 10.0 Å². The van der Waals surface area contributed by atoms with Crippen LogP contribution in [0, 0.1) is 0 Å². The third-order valence-corrected chi connectivity index (χ3v) is 5.85. The van der Waals surface area contributed by atoms with Crippen molar-refractivity contribution in [1.82, 2.24) is 24.8 Å². The molecule has 3 rings (SSSR count). The number of carbonyl (C=O) groups excluding carboxylic acids is 1. The molecule has 2 aromatic heterocycles. The lowest BCUT2D eigenvalue weighted by Gasteiger charge is -2.23. The summed E-state index contributed by atoms with van der Waals surface area (Å²) in [6, 6.07) is 5.16. The van der Waals surface area contributed by atoms with Gasteiger partial charge in [-0.2, -0.15) is 9.40 Å². The maximum Gasteiger partial charge on any atom is 0.246 e. The van der Waals surface area contributed by atoms with Gasteiger partial charge >= 0.3 is 0 Å². The highest BCUT2D eigenvalue weighted by atomic mass is 32.2. The van der Waals surface area contributed by atoms with Gasteiger partial charge in [0, 0.05) is 19.7 Å². The third kappa shape index (κ3) is 3.31. The third-order valence-electron chi connectivity index (χ3n) is 3.97. The molecule has 1 aliphatic rings. The standard InChI is InChI=1S/C15H19N5O3S/c1-11(21)16-8-12-4-2-5-14(19-12)15-6-3-7-20(15)24(22,23)13-9-17-18-10-13/h2,4-5,9-10,15H,3,6-8H2,1H3,(H,16,21)(H,17,18)/t15-/m0/s1. The van der Waals surface area contributed by atoms with Crippen LogP contribution >= 0.6 is 0 Å². The molecule has 128 valence electrons. The Morgan fingerprint density at radius 3 is 3.00 bits per heavy atom. The molecule has 2 N–H and O–H groups in total. The van der Waals surface area contributed by atoms with Crippen molar-refractivity contribution in [3.63, 3.8) is 0 Å². The Bertz CT molecular complexity index is 819. The first-order chi connectivity index (χ1) is 11.5. The normalized spacial score (nSPS) is 18.6. The summed E-state index contributed by atoms with van der Waals surface area (Å²) in [5, 5.41) is 8.96. The summed E-state index contributed by atoms with van der Waals surface area (Å²) in [5.74, 6) is -0.132. The van der Waals surface area contributed by atoms with E-state index in [9.17, 15) is 13.2 Å². The minimum Gasteiger partial charge on any atom is -0.351 e. The van der Waals surface area contributed by atoms with Crippen LogP contribution in [-0.2, 0) is 21.4 Å². The van der Waals surface area contributed by atoms with Crippen molar-refractivity contribution in [3.05, 3.63) is 42.0 Å². The van der Waals surface area contributed by atoms with E-state index in [0.29, 0.717) is 30.9 Å². The second-order valence-electron chi connectivity index (χ2n) is 5.67. The van der Waals surface area contributed by atoms with E-state index in [-0.39, 0.29) is 16.8 Å². The number of rotatable bonds is 5. The fraction of sp³-hybridized carbons (Fsp3) is 0.400. The molecule has 1 saturated heterocycles. The Hall–Kier alpha value is -2.26. The van der Waals surface area contributed by atoms with E-state index in [2.05, 4.69) is 20.5 Å². The van der Waals surface area contributed by atoms with Gasteiger partial charge in [-0.3, -0.25) is 14.9 Å². The Morgan fingerprint density at radius 1 is 1.46 bits per heavy atom. The highest BCUT2D eigenvalue weighted by Crippen LogP contribution is 2.35. The Kier molecular flexibility index (Phi) is 4.63. The van der Waals surface area contributed by atoms with Crippen LogP contribution in [0.5, 0.6) is 0 Å². The number of amides is 1. The summed E-state index contributed by atoms with van der Waals surface area (Å²) >= 11 is 0. The molecule has 0 radical (unpaired) electrons. The van der Waals surface area contributed by atoms with Crippen LogP contribution in [0.2, 0.25) is 0 Å². The molecule has 1 atom stereocenters. The predicted molar refractivity (Wildman–Crippen MR) is 86.2 cm³/mol. The molecular formula is C15H19N5O3S. The van der Waals surface area contributed by atoms with Crippen molar-refractivity contribution < 1.29 is 13.2 Å². The molecule has 24 heavy (non-hydrogen) atoms. The molecule has 1 aliphatic heterocycles. The summed E-state index contributed by atoms with van der Waals surface area (Å²) in [5.41, 5.74) is 1.40. The topological polar surface area (TPSA) is 108 Å². The van der Waals surface area contributed by atoms with Crippen molar-refractivity contribution in [3.8, 4) is 0 Å². The second-order valence-corrected chi connectivity index (χ2v) is 7.56. The molecule has 1 fully saturated rings. The number of aromatic nitrogens is 3. The zero-order valence-corrected chi connectivity index (χ0v) is 14.1. The van der Waals surface area contributed by atoms with Gasteiger partial charge in [0.25, 0.3) is 0 Å². The van der Waals surface area contributed by atoms with E-state index >= 15 is 0 Å². The van der Waals surface area contributed by atoms with Gasteiger partial charge < -0.3 is 5.32 Å². The average Bonchev–Trinajstić information content (AvgIpc) is 3.24. The van der Waals surface area contributed by atoms with E-state index in [1.54, 1.807) is 0 Å². The fourth-order valence-electron chi connectivity index (χ4n) is 2.84. The quantitative estimate of drug-likeness (QED) is 0.836. The lowest BCUT2D eigenvalue weighted by Crippen LogP contribution is -2.31. The van der Waals surface area contributed by atoms with Gasteiger partial charge in [-0.25, -0.2) is 8.42 Å². The zero-order valence-electron chi connectivity index (χ0n) is 13.3. The molecule has 0 spiro atoms. The Morgan fingerprint density at radius 2 is 2.29 bits per heavy atom. The highest BCUT2D eigenvalue weighted by molar-refractivity contribution is 7.89. The number of pyridine rings is 1. The first-order valence-electron chi connectivity index (χ1n) is 7.69. The molecule has 0 saturated carbocycles. The minimum atomic E-state index is -3.60. The highest BCUT2D eigenvalue weighted by Gasteiger charge is 2.37. The lowest BCUT2D eigenvalue weighted by atomic mass is 10.1. The maximum absolute atomic E-state index is 12.8. The molecule has 0 aromatic carbocycles.